The molecule has 1 aromatic rings. The molecule has 7 heteroatoms. The molecule has 0 aliphatic carbocycles. The van der Waals surface area contributed by atoms with Crippen LogP contribution in [0.4, 0.5) is 5.82 Å². The van der Waals surface area contributed by atoms with Crippen molar-refractivity contribution in [3.05, 3.63) is 11.8 Å². The van der Waals surface area contributed by atoms with E-state index >= 15 is 0 Å². The molecule has 2 heterocycles. The van der Waals surface area contributed by atoms with Crippen LogP contribution in [0.15, 0.2) is 6.07 Å². The lowest BCUT2D eigenvalue weighted by molar-refractivity contribution is 0.379. The molecule has 0 radical (unpaired) electrons. The topological polar surface area (TPSA) is 81.2 Å². The Balaban J connectivity index is 2.04. The van der Waals surface area contributed by atoms with Crippen LogP contribution in [0.25, 0.3) is 0 Å². The zero-order valence-electron chi connectivity index (χ0n) is 10.5. The standard InChI is InChI=1S/C11H17N3O3S/c1-8-7-10(14-11(12-8)17-2)13-9-3-5-18(15,16)6-4-9/h7,9H,3-6H2,1-2H3,(H,12,13,14). The third-order valence-corrected chi connectivity index (χ3v) is 4.64. The fraction of sp³-hybridized carbons (Fsp3) is 0.636. The lowest BCUT2D eigenvalue weighted by Gasteiger charge is -2.23. The Hall–Kier alpha value is -1.37. The summed E-state index contributed by atoms with van der Waals surface area (Å²) in [6, 6.07) is 2.29. The van der Waals surface area contributed by atoms with E-state index in [-0.39, 0.29) is 17.5 Å². The number of ether oxygens (including phenoxy) is 1. The minimum atomic E-state index is -2.83. The van der Waals surface area contributed by atoms with Crippen molar-refractivity contribution in [1.82, 2.24) is 9.97 Å². The van der Waals surface area contributed by atoms with Crippen molar-refractivity contribution in [3.8, 4) is 6.01 Å². The molecule has 100 valence electrons. The fourth-order valence-electron chi connectivity index (χ4n) is 1.95. The number of hydrogen-bond acceptors (Lipinski definition) is 6. The van der Waals surface area contributed by atoms with Gasteiger partial charge in [0.2, 0.25) is 0 Å². The summed E-state index contributed by atoms with van der Waals surface area (Å²) in [4.78, 5) is 8.29. The quantitative estimate of drug-likeness (QED) is 0.875. The summed E-state index contributed by atoms with van der Waals surface area (Å²) in [5, 5.41) is 3.24. The monoisotopic (exact) mass is 271 g/mol. The van der Waals surface area contributed by atoms with E-state index in [1.807, 2.05) is 13.0 Å². The van der Waals surface area contributed by atoms with E-state index in [0.717, 1.165) is 5.69 Å². The van der Waals surface area contributed by atoms with Crippen LogP contribution in [0.5, 0.6) is 6.01 Å². The number of nitrogens with zero attached hydrogens (tertiary/aromatic N) is 2. The SMILES string of the molecule is COc1nc(C)cc(NC2CCS(=O)(=O)CC2)n1. The summed E-state index contributed by atoms with van der Waals surface area (Å²) < 4.78 is 27.7. The molecule has 0 saturated carbocycles. The van der Waals surface area contributed by atoms with Crippen molar-refractivity contribution in [1.29, 1.82) is 0 Å². The van der Waals surface area contributed by atoms with E-state index in [4.69, 9.17) is 4.74 Å². The Bertz CT molecular complexity index is 516. The second-order valence-electron chi connectivity index (χ2n) is 4.45. The zero-order chi connectivity index (χ0) is 13.2. The van der Waals surface area contributed by atoms with Crippen molar-refractivity contribution in [2.24, 2.45) is 0 Å². The van der Waals surface area contributed by atoms with Crippen LogP contribution in [-0.2, 0) is 9.84 Å². The maximum Gasteiger partial charge on any atom is 0.318 e. The third kappa shape index (κ3) is 3.32. The van der Waals surface area contributed by atoms with E-state index in [9.17, 15) is 8.42 Å². The smallest absolute Gasteiger partial charge is 0.318 e. The average molecular weight is 271 g/mol. The molecule has 1 aliphatic heterocycles. The van der Waals surface area contributed by atoms with Gasteiger partial charge in [-0.25, -0.2) is 13.4 Å². The van der Waals surface area contributed by atoms with Gasteiger partial charge < -0.3 is 10.1 Å². The van der Waals surface area contributed by atoms with Gasteiger partial charge in [0.1, 0.15) is 15.7 Å². The number of aryl methyl sites for hydroxylation is 1. The number of aromatic nitrogens is 2. The molecule has 1 aromatic heterocycles. The number of hydrogen-bond donors (Lipinski definition) is 1. The van der Waals surface area contributed by atoms with Crippen LogP contribution in [0.3, 0.4) is 0 Å². The number of nitrogens with one attached hydrogen (secondary N) is 1. The van der Waals surface area contributed by atoms with Crippen LogP contribution in [0.2, 0.25) is 0 Å². The van der Waals surface area contributed by atoms with Gasteiger partial charge in [0.15, 0.2) is 0 Å². The second-order valence-corrected chi connectivity index (χ2v) is 6.76. The molecule has 0 amide bonds. The first-order valence-corrected chi connectivity index (χ1v) is 7.67. The Morgan fingerprint density at radius 3 is 2.61 bits per heavy atom. The Morgan fingerprint density at radius 2 is 2.00 bits per heavy atom. The van der Waals surface area contributed by atoms with Gasteiger partial charge in [0, 0.05) is 17.8 Å². The molecule has 6 nitrogen and oxygen atoms in total. The summed E-state index contributed by atoms with van der Waals surface area (Å²) in [6.45, 7) is 1.86. The van der Waals surface area contributed by atoms with Crippen LogP contribution in [0.1, 0.15) is 18.5 Å². The molecule has 1 fully saturated rings. The van der Waals surface area contributed by atoms with Crippen LogP contribution < -0.4 is 10.1 Å². The van der Waals surface area contributed by atoms with Crippen molar-refractivity contribution in [3.63, 3.8) is 0 Å². The Labute approximate surface area is 107 Å². The molecule has 1 aliphatic rings. The van der Waals surface area contributed by atoms with E-state index in [0.29, 0.717) is 24.7 Å². The lowest BCUT2D eigenvalue weighted by atomic mass is 10.1. The molecule has 2 rings (SSSR count). The first kappa shape index (κ1) is 13.1. The predicted octanol–water partition coefficient (Wildman–Crippen LogP) is 0.783. The van der Waals surface area contributed by atoms with Crippen LogP contribution >= 0.6 is 0 Å². The Kier molecular flexibility index (Phi) is 3.70. The van der Waals surface area contributed by atoms with Gasteiger partial charge in [-0.05, 0) is 19.8 Å². The number of methoxy groups -OCH3 is 1. The lowest BCUT2D eigenvalue weighted by Crippen LogP contribution is -2.32. The van der Waals surface area contributed by atoms with Gasteiger partial charge in [-0.3, -0.25) is 0 Å². The van der Waals surface area contributed by atoms with Gasteiger partial charge in [-0.2, -0.15) is 4.98 Å². The second kappa shape index (κ2) is 5.09. The number of sulfone groups is 1. The van der Waals surface area contributed by atoms with E-state index in [2.05, 4.69) is 15.3 Å². The maximum atomic E-state index is 11.3. The molecule has 0 unspecified atom stereocenters. The highest BCUT2D eigenvalue weighted by atomic mass is 32.2. The summed E-state index contributed by atoms with van der Waals surface area (Å²) >= 11 is 0. The molecule has 18 heavy (non-hydrogen) atoms. The highest BCUT2D eigenvalue weighted by molar-refractivity contribution is 7.91. The van der Waals surface area contributed by atoms with E-state index in [1.54, 1.807) is 0 Å². The molecule has 1 saturated heterocycles. The minimum Gasteiger partial charge on any atom is -0.467 e. The first-order chi connectivity index (χ1) is 8.48. The summed E-state index contributed by atoms with van der Waals surface area (Å²) in [7, 11) is -1.31. The highest BCUT2D eigenvalue weighted by Crippen LogP contribution is 2.18. The van der Waals surface area contributed by atoms with Crippen molar-refractivity contribution < 1.29 is 13.2 Å². The summed E-state index contributed by atoms with van der Waals surface area (Å²) in [6.07, 6.45) is 1.24. The van der Waals surface area contributed by atoms with Gasteiger partial charge in [0.05, 0.1) is 18.6 Å². The third-order valence-electron chi connectivity index (χ3n) is 2.92. The van der Waals surface area contributed by atoms with Crippen LogP contribution in [-0.4, -0.2) is 43.0 Å². The normalized spacial score (nSPS) is 19.4. The van der Waals surface area contributed by atoms with E-state index < -0.39 is 9.84 Å². The number of rotatable bonds is 3. The molecule has 0 bridgehead atoms. The molecule has 0 atom stereocenters. The van der Waals surface area contributed by atoms with Crippen LogP contribution in [0, 0.1) is 6.92 Å². The summed E-state index contributed by atoms with van der Waals surface area (Å²) in [5.74, 6) is 1.17. The zero-order valence-corrected chi connectivity index (χ0v) is 11.3. The predicted molar refractivity (Wildman–Crippen MR) is 68.6 cm³/mol. The van der Waals surface area contributed by atoms with E-state index in [1.165, 1.54) is 7.11 Å². The van der Waals surface area contributed by atoms with Gasteiger partial charge >= 0.3 is 6.01 Å². The van der Waals surface area contributed by atoms with Crippen molar-refractivity contribution >= 4 is 15.7 Å². The van der Waals surface area contributed by atoms with Gasteiger partial charge in [-0.15, -0.1) is 0 Å². The largest absolute Gasteiger partial charge is 0.467 e. The Morgan fingerprint density at radius 1 is 1.33 bits per heavy atom. The fourth-order valence-corrected chi connectivity index (χ4v) is 3.44. The van der Waals surface area contributed by atoms with Gasteiger partial charge in [0.25, 0.3) is 0 Å². The molecular formula is C11H17N3O3S. The average Bonchev–Trinajstić information content (AvgIpc) is 2.31. The molecular weight excluding hydrogens is 254 g/mol. The van der Waals surface area contributed by atoms with Crippen molar-refractivity contribution in [2.75, 3.05) is 23.9 Å². The minimum absolute atomic E-state index is 0.146. The summed E-state index contributed by atoms with van der Waals surface area (Å²) in [5.41, 5.74) is 0.813. The molecule has 0 aromatic carbocycles. The van der Waals surface area contributed by atoms with Gasteiger partial charge in [-0.1, -0.05) is 0 Å². The number of anilines is 1. The first-order valence-electron chi connectivity index (χ1n) is 5.85. The molecule has 1 N–H and O–H groups in total. The maximum absolute atomic E-state index is 11.3. The molecule has 0 spiro atoms. The highest BCUT2D eigenvalue weighted by Gasteiger charge is 2.23. The van der Waals surface area contributed by atoms with Crippen molar-refractivity contribution in [2.45, 2.75) is 25.8 Å².